The van der Waals surface area contributed by atoms with Gasteiger partial charge in [-0.2, -0.15) is 0 Å². The molecule has 598 valence electrons. The average molecular weight is 1550 g/mol. The number of phenolic OH excluding ortho intramolecular Hbond substituents is 4. The molecular weight excluding hydrogens is 1450 g/mol. The topological polar surface area (TPSA) is 264 Å². The number of methoxy groups -OCH3 is 1. The molecule has 0 aliphatic carbocycles. The third-order valence-electron chi connectivity index (χ3n) is 24.6. The number of rotatable bonds is 11. The van der Waals surface area contributed by atoms with Crippen LogP contribution in [0.15, 0.2) is 139 Å². The van der Waals surface area contributed by atoms with Crippen LogP contribution < -0.4 is 52.1 Å². The van der Waals surface area contributed by atoms with E-state index in [1.54, 1.807) is 27.1 Å². The second-order valence-corrected chi connectivity index (χ2v) is 30.6. The number of benzene rings is 7. The molecule has 13 aliphatic heterocycles. The van der Waals surface area contributed by atoms with Crippen molar-refractivity contribution >= 4 is 43.1 Å². The van der Waals surface area contributed by atoms with Gasteiger partial charge in [0.1, 0.15) is 23.1 Å². The number of Topliss-reactive ketones (excluding diaryl/α,β-unsaturated/α-hetero) is 4. The van der Waals surface area contributed by atoms with Gasteiger partial charge in [-0.25, -0.2) is 1.37 Å². The fourth-order valence-electron chi connectivity index (χ4n) is 18.8. The van der Waals surface area contributed by atoms with E-state index in [1.165, 1.54) is 43.9 Å². The van der Waals surface area contributed by atoms with E-state index >= 15 is 0 Å². The molecule has 13 aliphatic rings. The van der Waals surface area contributed by atoms with Crippen LogP contribution in [0.1, 0.15) is 114 Å². The third kappa shape index (κ3) is 16.8. The number of piperidine rings is 4. The number of ether oxygens (including phenoxy) is 11. The van der Waals surface area contributed by atoms with E-state index in [2.05, 4.69) is 59.9 Å². The smallest absolute Gasteiger partial charge is 0.231 e. The van der Waals surface area contributed by atoms with Gasteiger partial charge in [0.05, 0.1) is 7.11 Å². The molecule has 7 aromatic carbocycles. The van der Waals surface area contributed by atoms with Gasteiger partial charge in [0.15, 0.2) is 86.3 Å². The Bertz CT molecular complexity index is 4500. The number of phenols is 4. The van der Waals surface area contributed by atoms with Gasteiger partial charge in [-0.1, -0.05) is 59.1 Å². The molecule has 8 fully saturated rings. The van der Waals surface area contributed by atoms with E-state index in [0.717, 1.165) is 172 Å². The van der Waals surface area contributed by atoms with Crippen LogP contribution in [0, 0.1) is 30.5 Å². The van der Waals surface area contributed by atoms with Gasteiger partial charge in [0.2, 0.25) is 34.0 Å². The highest BCUT2D eigenvalue weighted by Crippen LogP contribution is 2.48. The number of carbonyl (C=O) groups is 4. The number of likely N-dealkylation sites (N-methyl/N-ethyl adjacent to an activating group) is 1. The number of fused-ring (bicyclic) bond motifs is 13. The minimum atomic E-state index is -0.177. The summed E-state index contributed by atoms with van der Waals surface area (Å²) in [5.41, 5.74) is 7.49. The Morgan fingerprint density at radius 3 is 1.09 bits per heavy atom. The van der Waals surface area contributed by atoms with Crippen molar-refractivity contribution in [1.29, 1.82) is 0 Å². The summed E-state index contributed by atoms with van der Waals surface area (Å²) < 4.78 is 65.1. The molecule has 12 atom stereocenters. The van der Waals surface area contributed by atoms with Crippen LogP contribution in [0.4, 0.5) is 0 Å². The van der Waals surface area contributed by atoms with Crippen LogP contribution in [0.3, 0.4) is 0 Å². The van der Waals surface area contributed by atoms with Crippen molar-refractivity contribution in [2.45, 2.75) is 153 Å². The molecule has 113 heavy (non-hydrogen) atoms. The van der Waals surface area contributed by atoms with Crippen molar-refractivity contribution in [1.82, 2.24) is 19.6 Å². The second-order valence-electron chi connectivity index (χ2n) is 30.6. The van der Waals surface area contributed by atoms with Gasteiger partial charge in [0, 0.05) is 102 Å². The number of aromatic hydroxyl groups is 4. The van der Waals surface area contributed by atoms with Crippen molar-refractivity contribution in [3.63, 3.8) is 0 Å². The molecule has 0 aromatic heterocycles. The predicted octanol–water partition coefficient (Wildman–Crippen LogP) is 12.4. The number of carbonyl (C=O) groups excluding carboxylic acids is 4. The summed E-state index contributed by atoms with van der Waals surface area (Å²) in [6, 6.07) is 41.1. The minimum Gasteiger partial charge on any atom is -0.504 e. The molecule has 0 saturated carbocycles. The van der Waals surface area contributed by atoms with Crippen LogP contribution in [0.5, 0.6) is 86.2 Å². The van der Waals surface area contributed by atoms with Gasteiger partial charge in [-0.15, -0.1) is 0 Å². The predicted molar refractivity (Wildman–Crippen MR) is 429 cm³/mol. The molecule has 0 amide bonds. The average Bonchev–Trinajstić information content (AvgIpc) is 1.60. The molecule has 0 spiro atoms. The minimum absolute atomic E-state index is 0. The SMILES string of the molecule is C.C.CN1C2CCC1/C(=C/c1ccc3c(c1)OCO3)C(=O)/C2=C\c1ccc2c(c1)OCO2.CN1C2CCC1C(Cc1ccc(O)c(O)c1)C(=O)C2Cc1ccc(O)c(O)c1.CN1C2CCC1C(Cc1ccc3c(c1)OCO3)C(=O)C2Cc1ccc2c(c1)OCO2.CN1C2CCC1CC(=O)C2.COc1ccc2c(c1)OCO2.[2H][CH-][19BH2]. The van der Waals surface area contributed by atoms with Gasteiger partial charge in [-0.05, 0) is 236 Å². The van der Waals surface area contributed by atoms with E-state index in [1.807, 2.05) is 91.0 Å². The summed E-state index contributed by atoms with van der Waals surface area (Å²) in [5.74, 6) is 8.59. The van der Waals surface area contributed by atoms with E-state index in [4.69, 9.17) is 53.5 Å². The Kier molecular flexibility index (Phi) is 24.5. The third-order valence-corrected chi connectivity index (χ3v) is 24.6. The molecule has 20 rings (SSSR count). The van der Waals surface area contributed by atoms with Crippen LogP contribution in [0.25, 0.3) is 12.2 Å². The summed E-state index contributed by atoms with van der Waals surface area (Å²) in [6.07, 6.45) is 16.7. The molecule has 12 unspecified atom stereocenters. The quantitative estimate of drug-likeness (QED) is 0.0406. The fraction of sp³-hybridized carbons (Fsp3) is 0.427. The maximum absolute atomic E-state index is 13.7. The lowest BCUT2D eigenvalue weighted by atomic mass is 9.76. The summed E-state index contributed by atoms with van der Waals surface area (Å²) in [4.78, 5) is 61.1. The normalized spacial score (nSPS) is 26.6. The van der Waals surface area contributed by atoms with E-state index in [9.17, 15) is 39.6 Å². The monoisotopic (exact) mass is 1550 g/mol. The number of nitrogens with zero attached hydrogens (tertiary/aromatic N) is 4. The number of hydrogen-bond donors (Lipinski definition) is 4. The summed E-state index contributed by atoms with van der Waals surface area (Å²) >= 11 is 0. The maximum Gasteiger partial charge on any atom is 0.231 e. The Morgan fingerprint density at radius 1 is 0.407 bits per heavy atom. The van der Waals surface area contributed by atoms with Crippen molar-refractivity contribution < 1.29 is 93.1 Å². The van der Waals surface area contributed by atoms with Crippen molar-refractivity contribution in [3.05, 3.63) is 179 Å². The number of hydrogen-bond acceptors (Lipinski definition) is 23. The number of ketones is 4. The Balaban J connectivity index is 0.000000129. The van der Waals surface area contributed by atoms with Crippen LogP contribution in [-0.2, 0) is 44.9 Å². The summed E-state index contributed by atoms with van der Waals surface area (Å²) in [5, 5.41) is 38.6. The Hall–Kier alpha value is -10.4. The highest BCUT2D eigenvalue weighted by molar-refractivity contribution is 6.16. The Morgan fingerprint density at radius 2 is 0.726 bits per heavy atom. The lowest BCUT2D eigenvalue weighted by Gasteiger charge is -2.41. The second kappa shape index (κ2) is 34.9. The first-order valence-corrected chi connectivity index (χ1v) is 38.4. The molecule has 4 N–H and O–H groups in total. The first-order valence-electron chi connectivity index (χ1n) is 39.0. The molecule has 8 saturated heterocycles. The molecular formula is C89H104BN4O19-. The first kappa shape index (κ1) is 79.3. The standard InChI is InChI=1S/C24H25NO5.C24H21NO5.C22H25NO5.C8H13NO.C8H8O3.CH4B.2CH4/c2*1-25-18-4-5-19(25)17(9-15-3-7-21-23(11-15)30-13-28-21)24(26)16(18)8-14-2-6-20-22(10-14)29-12-27-20;1-23-16-4-5-17(23)15(9-13-3-7-19(25)21(27)11-13)22(28)14(16)8-12-2-6-18(24)20(26)10-12;1-9-6-2-3-7(9)5-8(10)4-6;1-9-6-2-3-7-8(4-6)11-5-10-7;1-2;;/h2-3,6-7,10-11,16-19H,4-5,8-9,12-13H2,1H3;2-3,6-11,18-19H,4-5,12-13H2,1H3;2-3,6-7,10-11,14-17,24-27H,4-5,8-9H2,1H3;6-7H,2-5H2,1H3;2-4H,5H2,1H3;1-2H2;2*1H4/q;;;;;-1;;/b;16-8-,17-9-;;;;;;/i;;;;;1D,2+8;;. The van der Waals surface area contributed by atoms with E-state index in [-0.39, 0.29) is 124 Å². The van der Waals surface area contributed by atoms with Crippen molar-refractivity contribution in [2.24, 2.45) is 23.7 Å². The molecule has 23 nitrogen and oxygen atoms in total. The van der Waals surface area contributed by atoms with Gasteiger partial charge in [-0.3, -0.25) is 38.8 Å². The van der Waals surface area contributed by atoms with Gasteiger partial charge < -0.3 is 79.3 Å². The zero-order valence-corrected chi connectivity index (χ0v) is 63.4. The van der Waals surface area contributed by atoms with Crippen LogP contribution in [0.2, 0.25) is 0 Å². The molecule has 0 radical (unpaired) electrons. The first-order chi connectivity index (χ1) is 54.3. The highest BCUT2D eigenvalue weighted by Gasteiger charge is 2.53. The van der Waals surface area contributed by atoms with Crippen LogP contribution >= 0.6 is 0 Å². The van der Waals surface area contributed by atoms with Crippen molar-refractivity contribution in [3.8, 4) is 86.2 Å². The van der Waals surface area contributed by atoms with E-state index in [0.29, 0.717) is 55.4 Å². The zero-order chi connectivity index (χ0) is 78.0. The molecule has 8 bridgehead atoms. The maximum atomic E-state index is 13.7. The molecule has 7 aromatic rings. The van der Waals surface area contributed by atoms with Crippen molar-refractivity contribution in [2.75, 3.05) is 69.3 Å². The lowest BCUT2D eigenvalue weighted by molar-refractivity contribution is -0.135. The Labute approximate surface area is 663 Å². The summed E-state index contributed by atoms with van der Waals surface area (Å²) in [6.45, 7) is 2.58. The van der Waals surface area contributed by atoms with E-state index < -0.39 is 0 Å². The lowest BCUT2D eigenvalue weighted by Crippen LogP contribution is -2.53. The largest absolute Gasteiger partial charge is 0.504 e. The zero-order valence-electron chi connectivity index (χ0n) is 64.4. The molecule has 13 heterocycles. The summed E-state index contributed by atoms with van der Waals surface area (Å²) in [7, 11) is 11.8. The fourth-order valence-corrected chi connectivity index (χ4v) is 18.8. The highest BCUT2D eigenvalue weighted by atomic mass is 19.2. The van der Waals surface area contributed by atoms with Gasteiger partial charge >= 0.3 is 0 Å². The van der Waals surface area contributed by atoms with Gasteiger partial charge in [0.25, 0.3) is 0 Å². The molecule has 24 heteroatoms. The van der Waals surface area contributed by atoms with Crippen LogP contribution in [-0.4, -0.2) is 189 Å².